The van der Waals surface area contributed by atoms with Gasteiger partial charge in [-0.3, -0.25) is 4.79 Å². The Morgan fingerprint density at radius 2 is 1.84 bits per heavy atom. The third-order valence-electron chi connectivity index (χ3n) is 5.34. The van der Waals surface area contributed by atoms with Crippen LogP contribution in [-0.2, 0) is 6.42 Å². The monoisotopic (exact) mass is 436 g/mol. The summed E-state index contributed by atoms with van der Waals surface area (Å²) in [5, 5.41) is 4.45. The summed E-state index contributed by atoms with van der Waals surface area (Å²) in [6.07, 6.45) is 4.19. The molecular weight excluding hydrogens is 415 g/mol. The maximum absolute atomic E-state index is 13.3. The van der Waals surface area contributed by atoms with Crippen LogP contribution in [0.4, 0.5) is 4.39 Å². The lowest BCUT2D eigenvalue weighted by Crippen LogP contribution is -2.29. The lowest BCUT2D eigenvalue weighted by Gasteiger charge is -2.16. The van der Waals surface area contributed by atoms with E-state index in [2.05, 4.69) is 16.1 Å². The predicted octanol–water partition coefficient (Wildman–Crippen LogP) is 5.04. The first-order valence-electron chi connectivity index (χ1n) is 9.96. The highest BCUT2D eigenvalue weighted by Crippen LogP contribution is 2.20. The molecule has 0 aliphatic rings. The van der Waals surface area contributed by atoms with Crippen LogP contribution in [0.15, 0.2) is 65.8 Å². The number of hydrogen-bond acceptors (Lipinski definition) is 3. The van der Waals surface area contributed by atoms with E-state index in [-0.39, 0.29) is 22.6 Å². The van der Waals surface area contributed by atoms with Crippen molar-refractivity contribution in [2.45, 2.75) is 33.2 Å². The van der Waals surface area contributed by atoms with Crippen LogP contribution in [-0.4, -0.2) is 19.3 Å². The first-order chi connectivity index (χ1) is 14.8. The Hall–Kier alpha value is -3.25. The summed E-state index contributed by atoms with van der Waals surface area (Å²) in [6, 6.07) is 13.4. The predicted molar refractivity (Wildman–Crippen MR) is 120 cm³/mol. The summed E-state index contributed by atoms with van der Waals surface area (Å²) in [7, 11) is 0. The van der Waals surface area contributed by atoms with Crippen LogP contribution < -0.4 is 5.56 Å². The molecule has 2 aromatic carbocycles. The maximum atomic E-state index is 13.3. The minimum atomic E-state index is -0.376. The second kappa shape index (κ2) is 8.47. The van der Waals surface area contributed by atoms with Gasteiger partial charge in [-0.1, -0.05) is 35.9 Å². The molecule has 2 aromatic heterocycles. The normalized spacial score (nSPS) is 12.2. The van der Waals surface area contributed by atoms with Crippen molar-refractivity contribution in [2.24, 2.45) is 0 Å². The van der Waals surface area contributed by atoms with Gasteiger partial charge in [0, 0.05) is 23.9 Å². The molecule has 1 atom stereocenters. The van der Waals surface area contributed by atoms with Gasteiger partial charge >= 0.3 is 0 Å². The molecule has 0 bridgehead atoms. The van der Waals surface area contributed by atoms with Gasteiger partial charge in [0.2, 0.25) is 0 Å². The van der Waals surface area contributed by atoms with Crippen LogP contribution >= 0.6 is 11.6 Å². The second-order valence-electron chi connectivity index (χ2n) is 7.69. The van der Waals surface area contributed by atoms with E-state index in [4.69, 9.17) is 11.6 Å². The van der Waals surface area contributed by atoms with E-state index >= 15 is 0 Å². The Morgan fingerprint density at radius 3 is 2.48 bits per heavy atom. The molecule has 0 amide bonds. The Bertz CT molecular complexity index is 1290. The van der Waals surface area contributed by atoms with Gasteiger partial charge in [-0.25, -0.2) is 14.1 Å². The van der Waals surface area contributed by atoms with Crippen molar-refractivity contribution in [3.63, 3.8) is 0 Å². The maximum Gasteiger partial charge on any atom is 0.270 e. The first-order valence-corrected chi connectivity index (χ1v) is 10.3. The minimum absolute atomic E-state index is 0.215. The zero-order valence-corrected chi connectivity index (χ0v) is 18.3. The summed E-state index contributed by atoms with van der Waals surface area (Å²) >= 11 is 6.24. The van der Waals surface area contributed by atoms with Crippen molar-refractivity contribution in [3.8, 4) is 5.69 Å². The SMILES string of the molecule is Cc1cn(-c2ccc(Cc3cc(Cl)nn([C@@H](C)c4ccc(F)cc4)c3=O)cc2C)cn1. The number of imidazole rings is 1. The first kappa shape index (κ1) is 21.0. The summed E-state index contributed by atoms with van der Waals surface area (Å²) in [6.45, 7) is 5.82. The molecule has 0 fully saturated rings. The summed E-state index contributed by atoms with van der Waals surface area (Å²) in [4.78, 5) is 17.4. The number of aromatic nitrogens is 4. The van der Waals surface area contributed by atoms with Crippen LogP contribution in [0.1, 0.15) is 40.9 Å². The molecule has 0 radical (unpaired) electrons. The average molecular weight is 437 g/mol. The van der Waals surface area contributed by atoms with E-state index in [0.717, 1.165) is 28.1 Å². The molecular formula is C24H22ClFN4O. The molecule has 0 saturated heterocycles. The van der Waals surface area contributed by atoms with Crippen molar-refractivity contribution in [2.75, 3.05) is 0 Å². The van der Waals surface area contributed by atoms with Gasteiger partial charge in [0.05, 0.1) is 18.1 Å². The number of halogens is 2. The molecule has 0 N–H and O–H groups in total. The fraction of sp³-hybridized carbons (Fsp3) is 0.208. The van der Waals surface area contributed by atoms with Gasteiger partial charge in [0.25, 0.3) is 5.56 Å². The molecule has 4 aromatic rings. The highest BCUT2D eigenvalue weighted by atomic mass is 35.5. The van der Waals surface area contributed by atoms with E-state index in [1.54, 1.807) is 24.5 Å². The summed E-state index contributed by atoms with van der Waals surface area (Å²) in [5.41, 5.74) is 5.19. The van der Waals surface area contributed by atoms with E-state index in [1.165, 1.54) is 16.8 Å². The van der Waals surface area contributed by atoms with Gasteiger partial charge in [-0.05, 0) is 61.7 Å². The summed E-state index contributed by atoms with van der Waals surface area (Å²) < 4.78 is 16.6. The van der Waals surface area contributed by atoms with Gasteiger partial charge in [0.1, 0.15) is 11.0 Å². The van der Waals surface area contributed by atoms with E-state index in [9.17, 15) is 9.18 Å². The quantitative estimate of drug-likeness (QED) is 0.440. The third-order valence-corrected chi connectivity index (χ3v) is 5.53. The van der Waals surface area contributed by atoms with Crippen LogP contribution in [0.3, 0.4) is 0 Å². The van der Waals surface area contributed by atoms with E-state index in [0.29, 0.717) is 12.0 Å². The number of nitrogens with zero attached hydrogens (tertiary/aromatic N) is 4. The van der Waals surface area contributed by atoms with Crippen molar-refractivity contribution >= 4 is 11.6 Å². The molecule has 0 spiro atoms. The molecule has 0 saturated carbocycles. The zero-order valence-electron chi connectivity index (χ0n) is 17.5. The fourth-order valence-corrected chi connectivity index (χ4v) is 3.90. The number of aryl methyl sites for hydroxylation is 2. The van der Waals surface area contributed by atoms with E-state index < -0.39 is 0 Å². The van der Waals surface area contributed by atoms with Crippen LogP contribution in [0, 0.1) is 19.7 Å². The minimum Gasteiger partial charge on any atom is -0.306 e. The molecule has 0 aliphatic heterocycles. The zero-order chi connectivity index (χ0) is 22.1. The second-order valence-corrected chi connectivity index (χ2v) is 8.08. The van der Waals surface area contributed by atoms with Gasteiger partial charge in [-0.2, -0.15) is 5.10 Å². The van der Waals surface area contributed by atoms with Crippen molar-refractivity contribution < 1.29 is 4.39 Å². The number of rotatable bonds is 5. The lowest BCUT2D eigenvalue weighted by molar-refractivity contribution is 0.526. The molecule has 158 valence electrons. The average Bonchev–Trinajstić information content (AvgIpc) is 3.16. The highest BCUT2D eigenvalue weighted by Gasteiger charge is 2.16. The van der Waals surface area contributed by atoms with E-state index in [1.807, 2.05) is 43.7 Å². The summed E-state index contributed by atoms with van der Waals surface area (Å²) in [5.74, 6) is -0.326. The Balaban J connectivity index is 1.65. The highest BCUT2D eigenvalue weighted by molar-refractivity contribution is 6.29. The third kappa shape index (κ3) is 4.44. The van der Waals surface area contributed by atoms with Crippen LogP contribution in [0.2, 0.25) is 5.15 Å². The molecule has 4 rings (SSSR count). The molecule has 5 nitrogen and oxygen atoms in total. The Morgan fingerprint density at radius 1 is 1.10 bits per heavy atom. The molecule has 31 heavy (non-hydrogen) atoms. The lowest BCUT2D eigenvalue weighted by atomic mass is 10.0. The van der Waals surface area contributed by atoms with Crippen molar-refractivity contribution in [3.05, 3.63) is 110 Å². The number of hydrogen-bond donors (Lipinski definition) is 0. The number of benzene rings is 2. The van der Waals surface area contributed by atoms with Crippen molar-refractivity contribution in [1.82, 2.24) is 19.3 Å². The van der Waals surface area contributed by atoms with Gasteiger partial charge in [0.15, 0.2) is 0 Å². The fourth-order valence-electron chi connectivity index (χ4n) is 3.69. The topological polar surface area (TPSA) is 52.7 Å². The molecule has 7 heteroatoms. The molecule has 0 aliphatic carbocycles. The van der Waals surface area contributed by atoms with Gasteiger partial charge in [-0.15, -0.1) is 0 Å². The molecule has 0 unspecified atom stereocenters. The standard InChI is InChI=1S/C24H22ClFN4O/c1-15-10-18(4-9-22(15)29-13-16(2)27-14-29)11-20-12-23(25)28-30(24(20)31)17(3)19-5-7-21(26)8-6-19/h4-10,12-14,17H,11H2,1-3H3/t17-/m0/s1. The molecule has 2 heterocycles. The smallest absolute Gasteiger partial charge is 0.270 e. The van der Waals surface area contributed by atoms with Crippen LogP contribution in [0.5, 0.6) is 0 Å². The Labute approximate surface area is 184 Å². The Kier molecular flexibility index (Phi) is 5.74. The van der Waals surface area contributed by atoms with Crippen LogP contribution in [0.25, 0.3) is 5.69 Å². The van der Waals surface area contributed by atoms with Crippen molar-refractivity contribution in [1.29, 1.82) is 0 Å². The largest absolute Gasteiger partial charge is 0.306 e. The van der Waals surface area contributed by atoms with Gasteiger partial charge < -0.3 is 4.57 Å².